The molecule has 13 heavy (non-hydrogen) atoms. The molecule has 0 bridgehead atoms. The molecule has 1 nitrogen and oxygen atoms in total. The maximum atomic E-state index is 5.66. The van der Waals surface area contributed by atoms with Crippen LogP contribution in [0, 0.1) is 0 Å². The Morgan fingerprint density at radius 1 is 0.769 bits per heavy atom. The minimum Gasteiger partial charge on any atom is -0.719 e. The monoisotopic (exact) mass is 169 g/mol. The average Bonchev–Trinajstić information content (AvgIpc) is 2.21. The van der Waals surface area contributed by atoms with Crippen LogP contribution < -0.4 is 4.65 Å². The Kier molecular flexibility index (Phi) is 2.42. The third kappa shape index (κ3) is 2.18. The van der Waals surface area contributed by atoms with E-state index in [-0.39, 0.29) is 6.55 Å². The van der Waals surface area contributed by atoms with Gasteiger partial charge >= 0.3 is 0 Å². The molecular weight excluding hydrogens is 159 g/mol. The van der Waals surface area contributed by atoms with Crippen LogP contribution in [0.1, 0.15) is 0 Å². The van der Waals surface area contributed by atoms with E-state index >= 15 is 0 Å². The van der Waals surface area contributed by atoms with Crippen LogP contribution >= 0.6 is 0 Å². The highest BCUT2D eigenvalue weighted by Gasteiger charge is 1.83. The van der Waals surface area contributed by atoms with E-state index in [9.17, 15) is 0 Å². The first kappa shape index (κ1) is 8.05. The Hall–Kier alpha value is -1.57. The highest BCUT2D eigenvalue weighted by molar-refractivity contribution is 6.44. The van der Waals surface area contributed by atoms with Crippen LogP contribution in [-0.2, 0) is 0 Å². The Morgan fingerprint density at radius 2 is 1.38 bits per heavy atom. The SMILES string of the molecule is c1cc[b-](Oc2ccccc2)cc1. The topological polar surface area (TPSA) is 9.23 Å². The third-order valence-corrected chi connectivity index (χ3v) is 1.84. The molecule has 0 aliphatic rings. The quantitative estimate of drug-likeness (QED) is 0.671. The van der Waals surface area contributed by atoms with E-state index in [1.54, 1.807) is 0 Å². The van der Waals surface area contributed by atoms with E-state index in [1.165, 1.54) is 0 Å². The van der Waals surface area contributed by atoms with Crippen LogP contribution in [0.3, 0.4) is 0 Å². The molecule has 1 heterocycles. The van der Waals surface area contributed by atoms with Crippen LogP contribution in [0.5, 0.6) is 5.75 Å². The molecule has 0 N–H and O–H groups in total. The van der Waals surface area contributed by atoms with Crippen LogP contribution in [0.4, 0.5) is 0 Å². The van der Waals surface area contributed by atoms with E-state index in [2.05, 4.69) is 0 Å². The molecule has 0 saturated carbocycles. The van der Waals surface area contributed by atoms with Gasteiger partial charge in [-0.2, -0.15) is 0 Å². The maximum absolute atomic E-state index is 5.66. The molecule has 1 aromatic heterocycles. The van der Waals surface area contributed by atoms with Crippen LogP contribution in [0.25, 0.3) is 0 Å². The third-order valence-electron chi connectivity index (χ3n) is 1.84. The lowest BCUT2D eigenvalue weighted by Crippen LogP contribution is -2.05. The summed E-state index contributed by atoms with van der Waals surface area (Å²) < 4.78 is 5.66. The summed E-state index contributed by atoms with van der Waals surface area (Å²) >= 11 is 0. The van der Waals surface area contributed by atoms with E-state index < -0.39 is 0 Å². The Balaban J connectivity index is 2.16. The van der Waals surface area contributed by atoms with Gasteiger partial charge in [-0.15, -0.1) is 12.1 Å². The van der Waals surface area contributed by atoms with Crippen LogP contribution in [0.2, 0.25) is 0 Å². The molecular formula is C11H10BO-. The fourth-order valence-corrected chi connectivity index (χ4v) is 1.21. The Morgan fingerprint density at radius 3 is 2.08 bits per heavy atom. The summed E-state index contributed by atoms with van der Waals surface area (Å²) in [5, 5.41) is 0. The number of hydrogen-bond donors (Lipinski definition) is 0. The average molecular weight is 169 g/mol. The summed E-state index contributed by atoms with van der Waals surface area (Å²) in [6.45, 7) is 0.0763. The van der Waals surface area contributed by atoms with Gasteiger partial charge in [0, 0.05) is 0 Å². The van der Waals surface area contributed by atoms with E-state index in [0.717, 1.165) is 5.75 Å². The van der Waals surface area contributed by atoms with Gasteiger partial charge in [-0.05, 0) is 12.1 Å². The van der Waals surface area contributed by atoms with Gasteiger partial charge in [0.1, 0.15) is 0 Å². The lowest BCUT2D eigenvalue weighted by atomic mass is 9.85. The summed E-state index contributed by atoms with van der Waals surface area (Å²) in [6.07, 6.45) is 0. The molecule has 0 spiro atoms. The number of hydrogen-bond acceptors (Lipinski definition) is 1. The smallest absolute Gasteiger partial charge is 0.0685 e. The molecule has 2 rings (SSSR count). The predicted octanol–water partition coefficient (Wildman–Crippen LogP) is 2.55. The normalized spacial score (nSPS) is 9.54. The first-order valence-electron chi connectivity index (χ1n) is 4.35. The summed E-state index contributed by atoms with van der Waals surface area (Å²) in [5.74, 6) is 4.95. The summed E-state index contributed by atoms with van der Waals surface area (Å²) in [4.78, 5) is 0. The molecule has 2 aromatic rings. The highest BCUT2D eigenvalue weighted by Crippen LogP contribution is 2.08. The fourth-order valence-electron chi connectivity index (χ4n) is 1.21. The van der Waals surface area contributed by atoms with Crippen molar-refractivity contribution in [1.29, 1.82) is 0 Å². The van der Waals surface area contributed by atoms with Crippen molar-refractivity contribution in [3.8, 4) is 5.75 Å². The van der Waals surface area contributed by atoms with Gasteiger partial charge in [0.05, 0.1) is 12.3 Å². The molecule has 1 aromatic carbocycles. The van der Waals surface area contributed by atoms with Gasteiger partial charge < -0.3 is 4.65 Å². The first-order valence-corrected chi connectivity index (χ1v) is 4.35. The molecule has 0 radical (unpaired) electrons. The molecule has 2 heteroatoms. The van der Waals surface area contributed by atoms with Crippen molar-refractivity contribution >= 4 is 6.55 Å². The second-order valence-corrected chi connectivity index (χ2v) is 2.86. The zero-order valence-electron chi connectivity index (χ0n) is 7.26. The van der Waals surface area contributed by atoms with Crippen molar-refractivity contribution in [2.45, 2.75) is 0 Å². The molecule has 0 amide bonds. The van der Waals surface area contributed by atoms with Crippen molar-refractivity contribution in [3.63, 3.8) is 0 Å². The van der Waals surface area contributed by atoms with Gasteiger partial charge in [-0.3, -0.25) is 0 Å². The lowest BCUT2D eigenvalue weighted by Gasteiger charge is -2.16. The molecule has 0 atom stereocenters. The van der Waals surface area contributed by atoms with Gasteiger partial charge in [-0.25, -0.2) is 11.9 Å². The predicted molar refractivity (Wildman–Crippen MR) is 54.9 cm³/mol. The molecule has 0 aliphatic heterocycles. The van der Waals surface area contributed by atoms with Gasteiger partial charge in [-0.1, -0.05) is 24.3 Å². The summed E-state index contributed by atoms with van der Waals surface area (Å²) in [6, 6.07) is 15.8. The summed E-state index contributed by atoms with van der Waals surface area (Å²) in [5.41, 5.74) is 0. The Bertz CT molecular complexity index is 321. The minimum atomic E-state index is 0.0763. The van der Waals surface area contributed by atoms with Crippen molar-refractivity contribution in [2.24, 2.45) is 0 Å². The zero-order chi connectivity index (χ0) is 8.93. The van der Waals surface area contributed by atoms with Crippen molar-refractivity contribution in [1.82, 2.24) is 0 Å². The summed E-state index contributed by atoms with van der Waals surface area (Å²) in [7, 11) is 0. The molecule has 0 fully saturated rings. The van der Waals surface area contributed by atoms with Gasteiger partial charge in [0.25, 0.3) is 0 Å². The molecule has 0 saturated heterocycles. The molecule has 0 aliphatic carbocycles. The Labute approximate surface area is 78.1 Å². The maximum Gasteiger partial charge on any atom is 0.0685 e. The fraction of sp³-hybridized carbons (Fsp3) is 0. The van der Waals surface area contributed by atoms with Gasteiger partial charge in [0.2, 0.25) is 0 Å². The van der Waals surface area contributed by atoms with Gasteiger partial charge in [0.15, 0.2) is 0 Å². The highest BCUT2D eigenvalue weighted by atomic mass is 16.4. The van der Waals surface area contributed by atoms with E-state index in [0.29, 0.717) is 0 Å². The standard InChI is InChI=1S/C11H10BO/c1-3-7-11(8-4-1)13-12-9-5-2-6-10-12/h1-10H/q-1. The second kappa shape index (κ2) is 3.90. The molecule has 0 unspecified atom stereocenters. The van der Waals surface area contributed by atoms with E-state index in [4.69, 9.17) is 4.65 Å². The van der Waals surface area contributed by atoms with Crippen LogP contribution in [-0.4, -0.2) is 6.55 Å². The number of rotatable bonds is 2. The van der Waals surface area contributed by atoms with Crippen molar-refractivity contribution in [3.05, 3.63) is 60.5 Å². The second-order valence-electron chi connectivity index (χ2n) is 2.86. The largest absolute Gasteiger partial charge is 0.719 e. The molecule has 64 valence electrons. The van der Waals surface area contributed by atoms with Crippen LogP contribution in [0.15, 0.2) is 60.5 Å². The van der Waals surface area contributed by atoms with Crippen molar-refractivity contribution < 1.29 is 4.65 Å². The van der Waals surface area contributed by atoms with E-state index in [1.807, 2.05) is 60.5 Å². The first-order chi connectivity index (χ1) is 6.45. The number of benzene rings is 1. The zero-order valence-corrected chi connectivity index (χ0v) is 7.26. The van der Waals surface area contributed by atoms with Crippen molar-refractivity contribution in [2.75, 3.05) is 0 Å². The minimum absolute atomic E-state index is 0.0763. The lowest BCUT2D eigenvalue weighted by molar-refractivity contribution is 0.597. The number of para-hydroxylation sites is 1.